The Morgan fingerprint density at radius 2 is 1.89 bits per heavy atom. The third-order valence-electron chi connectivity index (χ3n) is 5.69. The predicted octanol–water partition coefficient (Wildman–Crippen LogP) is 2.75. The van der Waals surface area contributed by atoms with E-state index in [0.29, 0.717) is 31.0 Å². The van der Waals surface area contributed by atoms with Crippen LogP contribution in [0.2, 0.25) is 0 Å². The van der Waals surface area contributed by atoms with E-state index in [1.165, 1.54) is 23.0 Å². The minimum Gasteiger partial charge on any atom is -0.442 e. The largest absolute Gasteiger partial charge is 0.442 e. The summed E-state index contributed by atoms with van der Waals surface area (Å²) in [6.07, 6.45) is -0.849. The van der Waals surface area contributed by atoms with Gasteiger partial charge in [0.1, 0.15) is 11.9 Å². The molecule has 3 amide bonds. The maximum absolute atomic E-state index is 15.0. The first-order chi connectivity index (χ1) is 16.4. The maximum atomic E-state index is 15.0. The van der Waals surface area contributed by atoms with Gasteiger partial charge in [0.2, 0.25) is 5.91 Å². The molecule has 1 atom stereocenters. The van der Waals surface area contributed by atoms with E-state index in [2.05, 4.69) is 5.32 Å². The third kappa shape index (κ3) is 6.48. The average molecular weight is 487 g/mol. The van der Waals surface area contributed by atoms with Crippen LogP contribution in [0.5, 0.6) is 0 Å². The molecule has 2 saturated heterocycles. The van der Waals surface area contributed by atoms with E-state index in [0.717, 1.165) is 5.56 Å². The molecule has 0 aliphatic carbocycles. The predicted molar refractivity (Wildman–Crippen MR) is 129 cm³/mol. The minimum atomic E-state index is -0.585. The van der Waals surface area contributed by atoms with Crippen molar-refractivity contribution in [3.63, 3.8) is 0 Å². The topological polar surface area (TPSA) is 91.4 Å². The van der Waals surface area contributed by atoms with Crippen molar-refractivity contribution >= 4 is 29.3 Å². The number of hydrogen-bond acceptors (Lipinski definition) is 6. The van der Waals surface area contributed by atoms with Crippen LogP contribution in [0.15, 0.2) is 48.5 Å². The fourth-order valence-corrected chi connectivity index (χ4v) is 3.96. The molecule has 2 aliphatic rings. The van der Waals surface area contributed by atoms with Crippen LogP contribution in [-0.2, 0) is 25.6 Å². The molecule has 0 saturated carbocycles. The Bertz CT molecular complexity index is 1050. The Labute approximate surface area is 204 Å². The van der Waals surface area contributed by atoms with Gasteiger partial charge in [0.25, 0.3) is 5.91 Å². The van der Waals surface area contributed by atoms with E-state index < -0.39 is 18.0 Å². The van der Waals surface area contributed by atoms with Crippen molar-refractivity contribution in [1.82, 2.24) is 10.4 Å². The number of carbonyl (C=O) groups is 3. The zero-order valence-electron chi connectivity index (χ0n) is 18.9. The lowest BCUT2D eigenvalue weighted by atomic mass is 10.1. The second-order valence-corrected chi connectivity index (χ2v) is 8.17. The highest BCUT2D eigenvalue weighted by Crippen LogP contribution is 2.28. The van der Waals surface area contributed by atoms with Gasteiger partial charge >= 0.3 is 6.09 Å². The fraction of sp³-hybridized carbons (Fsp3) is 0.400. The highest BCUT2D eigenvalue weighted by atomic mass is 19.1. The number of rotatable bonds is 6. The number of ether oxygens (including phenoxy) is 1. The summed E-state index contributed by atoms with van der Waals surface area (Å²) >= 11 is 0. The summed E-state index contributed by atoms with van der Waals surface area (Å²) in [4.78, 5) is 44.7. The molecule has 10 heteroatoms. The van der Waals surface area contributed by atoms with Crippen molar-refractivity contribution in [2.24, 2.45) is 0 Å². The molecule has 2 aromatic rings. The molecule has 188 valence electrons. The van der Waals surface area contributed by atoms with Gasteiger partial charge < -0.3 is 15.0 Å². The molecule has 0 aromatic heterocycles. The number of anilines is 2. The Morgan fingerprint density at radius 3 is 2.60 bits per heavy atom. The molecule has 2 heterocycles. The zero-order chi connectivity index (χ0) is 24.1. The number of benzene rings is 2. The third-order valence-corrected chi connectivity index (χ3v) is 5.69. The van der Waals surface area contributed by atoms with Crippen molar-refractivity contribution in [1.29, 1.82) is 0 Å². The second kappa shape index (κ2) is 11.7. The quantitative estimate of drug-likeness (QED) is 0.675. The summed E-state index contributed by atoms with van der Waals surface area (Å²) in [6.45, 7) is 3.16. The number of amides is 3. The normalized spacial score (nSPS) is 17.9. The molecule has 0 bridgehead atoms. The van der Waals surface area contributed by atoms with Gasteiger partial charge in [0.15, 0.2) is 0 Å². The zero-order valence-corrected chi connectivity index (χ0v) is 18.9. The van der Waals surface area contributed by atoms with Gasteiger partial charge in [0, 0.05) is 20.0 Å². The summed E-state index contributed by atoms with van der Waals surface area (Å²) in [5.41, 5.74) is 1.65. The van der Waals surface area contributed by atoms with Crippen molar-refractivity contribution in [3.8, 4) is 0 Å². The first-order valence-electron chi connectivity index (χ1n) is 11.1. The molecule has 0 unspecified atom stereocenters. The SMILES string of the molecule is C.CC(=O)NC[C@H]1CN(c2ccc(N3CCON(C(=O)Cc4ccccc4)CC3)c(F)c2)C(=O)O1. The van der Waals surface area contributed by atoms with Crippen LogP contribution in [0.3, 0.4) is 0 Å². The van der Waals surface area contributed by atoms with Crippen LogP contribution in [0, 0.1) is 5.82 Å². The number of nitrogens with zero attached hydrogens (tertiary/aromatic N) is 3. The van der Waals surface area contributed by atoms with E-state index in [1.807, 2.05) is 35.2 Å². The van der Waals surface area contributed by atoms with E-state index in [4.69, 9.17) is 9.57 Å². The Hall–Kier alpha value is -3.66. The number of cyclic esters (lactones) is 1. The summed E-state index contributed by atoms with van der Waals surface area (Å²) in [5.74, 6) is -0.850. The minimum absolute atomic E-state index is 0. The molecule has 2 aliphatic heterocycles. The molecule has 4 rings (SSSR count). The van der Waals surface area contributed by atoms with Crippen LogP contribution in [0.4, 0.5) is 20.6 Å². The molecule has 0 spiro atoms. The monoisotopic (exact) mass is 486 g/mol. The molecule has 2 aromatic carbocycles. The van der Waals surface area contributed by atoms with Crippen LogP contribution >= 0.6 is 0 Å². The van der Waals surface area contributed by atoms with Crippen LogP contribution in [0.25, 0.3) is 0 Å². The molecule has 2 fully saturated rings. The first-order valence-corrected chi connectivity index (χ1v) is 11.1. The Kier molecular flexibility index (Phi) is 8.64. The van der Waals surface area contributed by atoms with Gasteiger partial charge in [-0.3, -0.25) is 19.3 Å². The molecule has 9 nitrogen and oxygen atoms in total. The second-order valence-electron chi connectivity index (χ2n) is 8.17. The number of nitrogens with one attached hydrogen (secondary N) is 1. The van der Waals surface area contributed by atoms with Crippen LogP contribution in [-0.4, -0.2) is 68.4 Å². The summed E-state index contributed by atoms with van der Waals surface area (Å²) in [5, 5.41) is 3.95. The number of hydroxylamine groups is 2. The lowest BCUT2D eigenvalue weighted by molar-refractivity contribution is -0.181. The Balaban J connectivity index is 0.00000342. The molecular weight excluding hydrogens is 455 g/mol. The van der Waals surface area contributed by atoms with Crippen LogP contribution in [0.1, 0.15) is 19.9 Å². The van der Waals surface area contributed by atoms with Crippen molar-refractivity contribution in [3.05, 3.63) is 59.9 Å². The van der Waals surface area contributed by atoms with Gasteiger partial charge in [-0.2, -0.15) is 0 Å². The number of carbonyl (C=O) groups excluding carboxylic acids is 3. The van der Waals surface area contributed by atoms with Gasteiger partial charge in [-0.25, -0.2) is 14.2 Å². The lowest BCUT2D eigenvalue weighted by Gasteiger charge is -2.24. The summed E-state index contributed by atoms with van der Waals surface area (Å²) in [6, 6.07) is 14.0. The Morgan fingerprint density at radius 1 is 1.11 bits per heavy atom. The summed E-state index contributed by atoms with van der Waals surface area (Å²) < 4.78 is 20.3. The van der Waals surface area contributed by atoms with Crippen molar-refractivity contribution in [2.75, 3.05) is 49.1 Å². The fourth-order valence-electron chi connectivity index (χ4n) is 3.96. The molecule has 1 N–H and O–H groups in total. The summed E-state index contributed by atoms with van der Waals surface area (Å²) in [7, 11) is 0. The maximum Gasteiger partial charge on any atom is 0.414 e. The lowest BCUT2D eigenvalue weighted by Crippen LogP contribution is -2.35. The van der Waals surface area contributed by atoms with E-state index in [1.54, 1.807) is 12.1 Å². The molecule has 0 radical (unpaired) electrons. The van der Waals surface area contributed by atoms with E-state index >= 15 is 4.39 Å². The van der Waals surface area contributed by atoms with Crippen molar-refractivity contribution in [2.45, 2.75) is 26.9 Å². The number of halogens is 1. The van der Waals surface area contributed by atoms with E-state index in [9.17, 15) is 14.4 Å². The van der Waals surface area contributed by atoms with E-state index in [-0.39, 0.29) is 45.4 Å². The van der Waals surface area contributed by atoms with Gasteiger partial charge in [-0.1, -0.05) is 37.8 Å². The van der Waals surface area contributed by atoms with Gasteiger partial charge in [-0.05, 0) is 23.8 Å². The smallest absolute Gasteiger partial charge is 0.414 e. The van der Waals surface area contributed by atoms with Gasteiger partial charge in [0.05, 0.1) is 44.0 Å². The van der Waals surface area contributed by atoms with Crippen LogP contribution < -0.4 is 15.1 Å². The highest BCUT2D eigenvalue weighted by Gasteiger charge is 2.33. The molecular formula is C25H31FN4O5. The van der Waals surface area contributed by atoms with Crippen molar-refractivity contribution < 1.29 is 28.3 Å². The first kappa shape index (κ1) is 26.0. The van der Waals surface area contributed by atoms with Gasteiger partial charge in [-0.15, -0.1) is 0 Å². The highest BCUT2D eigenvalue weighted by molar-refractivity contribution is 5.90. The standard InChI is InChI=1S/C24H27FN4O5.CH4/c1-17(30)26-15-20-16-28(24(32)34-20)19-7-8-22(21(25)14-19)27-9-10-29(33-12-11-27)23(31)13-18-5-3-2-4-6-18;/h2-8,14,20H,9-13,15-16H2,1H3,(H,26,30);1H4/t20-;/m0./s1. The average Bonchev–Trinajstić information content (AvgIpc) is 3.02. The number of hydrogen-bond donors (Lipinski definition) is 1. The molecule has 35 heavy (non-hydrogen) atoms.